The van der Waals surface area contributed by atoms with E-state index in [1.807, 2.05) is 45.0 Å². The van der Waals surface area contributed by atoms with E-state index in [1.165, 1.54) is 7.11 Å². The van der Waals surface area contributed by atoms with Crippen molar-refractivity contribution in [3.8, 4) is 0 Å². The molecule has 5 heteroatoms. The van der Waals surface area contributed by atoms with Crippen LogP contribution in [0.15, 0.2) is 24.3 Å². The minimum absolute atomic E-state index is 0.216. The van der Waals surface area contributed by atoms with E-state index in [1.54, 1.807) is 0 Å². The van der Waals surface area contributed by atoms with Crippen LogP contribution >= 0.6 is 0 Å². The first-order valence-electron chi connectivity index (χ1n) is 7.21. The summed E-state index contributed by atoms with van der Waals surface area (Å²) in [4.78, 5) is 26.9. The van der Waals surface area contributed by atoms with Crippen LogP contribution in [-0.4, -0.2) is 29.6 Å². The average Bonchev–Trinajstić information content (AvgIpc) is 2.81. The van der Waals surface area contributed by atoms with Crippen molar-refractivity contribution >= 4 is 22.8 Å². The summed E-state index contributed by atoms with van der Waals surface area (Å²) in [6.45, 7) is 5.46. The number of fused-ring (bicyclic) bond motifs is 1. The lowest BCUT2D eigenvalue weighted by atomic mass is 10.1. The number of aryl methyl sites for hydroxylation is 1. The van der Waals surface area contributed by atoms with Crippen LogP contribution in [0.1, 0.15) is 43.2 Å². The van der Waals surface area contributed by atoms with E-state index in [9.17, 15) is 9.59 Å². The lowest BCUT2D eigenvalue weighted by Gasteiger charge is -2.19. The summed E-state index contributed by atoms with van der Waals surface area (Å²) in [5.74, 6) is -0.719. The van der Waals surface area contributed by atoms with Crippen molar-refractivity contribution in [3.05, 3.63) is 35.5 Å². The average molecular weight is 303 g/mol. The van der Waals surface area contributed by atoms with Crippen LogP contribution < -0.4 is 0 Å². The standard InChI is InChI=1S/C17H21NO4/c1-17(2,3)22-16(20)15-12(9-10-14(19)21-4)11-7-5-6-8-13(11)18-15/h5-8,18H,9-10H2,1-4H3. The molecule has 0 aliphatic carbocycles. The third-order valence-corrected chi connectivity index (χ3v) is 3.22. The van der Waals surface area contributed by atoms with E-state index in [-0.39, 0.29) is 12.4 Å². The highest BCUT2D eigenvalue weighted by Crippen LogP contribution is 2.25. The van der Waals surface area contributed by atoms with Crippen molar-refractivity contribution in [2.24, 2.45) is 0 Å². The third-order valence-electron chi connectivity index (χ3n) is 3.22. The van der Waals surface area contributed by atoms with E-state index in [0.717, 1.165) is 16.5 Å². The molecule has 2 rings (SSSR count). The van der Waals surface area contributed by atoms with Crippen molar-refractivity contribution in [2.75, 3.05) is 7.11 Å². The molecule has 0 spiro atoms. The van der Waals surface area contributed by atoms with Gasteiger partial charge in [-0.15, -0.1) is 0 Å². The zero-order chi connectivity index (χ0) is 16.3. The number of ether oxygens (including phenoxy) is 2. The molecule has 1 aromatic carbocycles. The molecule has 22 heavy (non-hydrogen) atoms. The fourth-order valence-corrected chi connectivity index (χ4v) is 2.29. The summed E-state index contributed by atoms with van der Waals surface area (Å²) in [5, 5.41) is 0.923. The molecule has 2 aromatic rings. The minimum Gasteiger partial charge on any atom is -0.469 e. The summed E-state index contributed by atoms with van der Waals surface area (Å²) < 4.78 is 10.1. The molecule has 0 saturated heterocycles. The predicted octanol–water partition coefficient (Wildman–Crippen LogP) is 3.23. The molecule has 118 valence electrons. The second kappa shape index (κ2) is 6.22. The number of carbonyl (C=O) groups excluding carboxylic acids is 2. The fraction of sp³-hybridized carbons (Fsp3) is 0.412. The molecule has 0 fully saturated rings. The lowest BCUT2D eigenvalue weighted by Crippen LogP contribution is -2.24. The number of hydrogen-bond acceptors (Lipinski definition) is 4. The van der Waals surface area contributed by atoms with E-state index in [0.29, 0.717) is 12.1 Å². The zero-order valence-electron chi connectivity index (χ0n) is 13.4. The first-order valence-corrected chi connectivity index (χ1v) is 7.21. The Kier molecular flexibility index (Phi) is 4.54. The Morgan fingerprint density at radius 3 is 2.50 bits per heavy atom. The summed E-state index contributed by atoms with van der Waals surface area (Å²) in [7, 11) is 1.35. The van der Waals surface area contributed by atoms with Gasteiger partial charge in [0, 0.05) is 17.3 Å². The molecule has 1 heterocycles. The lowest BCUT2D eigenvalue weighted by molar-refractivity contribution is -0.140. The van der Waals surface area contributed by atoms with Crippen molar-refractivity contribution in [2.45, 2.75) is 39.2 Å². The molecule has 1 N–H and O–H groups in total. The number of benzene rings is 1. The molecule has 5 nitrogen and oxygen atoms in total. The number of esters is 2. The second-order valence-electron chi connectivity index (χ2n) is 6.10. The Hall–Kier alpha value is -2.30. The van der Waals surface area contributed by atoms with E-state index < -0.39 is 11.6 Å². The van der Waals surface area contributed by atoms with Crippen LogP contribution in [0, 0.1) is 0 Å². The van der Waals surface area contributed by atoms with Gasteiger partial charge in [-0.2, -0.15) is 0 Å². The van der Waals surface area contributed by atoms with Crippen molar-refractivity contribution in [1.29, 1.82) is 0 Å². The summed E-state index contributed by atoms with van der Waals surface area (Å²) in [5.41, 5.74) is 1.46. The van der Waals surface area contributed by atoms with Gasteiger partial charge in [0.05, 0.1) is 7.11 Å². The Bertz CT molecular complexity index is 694. The van der Waals surface area contributed by atoms with Crippen LogP contribution in [0.3, 0.4) is 0 Å². The van der Waals surface area contributed by atoms with Crippen LogP contribution in [0.2, 0.25) is 0 Å². The molecule has 0 radical (unpaired) electrons. The highest BCUT2D eigenvalue weighted by Gasteiger charge is 2.23. The van der Waals surface area contributed by atoms with Gasteiger partial charge in [-0.05, 0) is 38.8 Å². The monoisotopic (exact) mass is 303 g/mol. The molecule has 0 bridgehead atoms. The first-order chi connectivity index (χ1) is 10.3. The van der Waals surface area contributed by atoms with Crippen molar-refractivity contribution < 1.29 is 19.1 Å². The van der Waals surface area contributed by atoms with Crippen molar-refractivity contribution in [1.82, 2.24) is 4.98 Å². The molecule has 0 unspecified atom stereocenters. The number of rotatable bonds is 4. The maximum absolute atomic E-state index is 12.4. The van der Waals surface area contributed by atoms with Gasteiger partial charge in [0.15, 0.2) is 0 Å². The highest BCUT2D eigenvalue weighted by molar-refractivity contribution is 5.98. The molecule has 0 atom stereocenters. The summed E-state index contributed by atoms with van der Waals surface area (Å²) in [6.07, 6.45) is 0.638. The fourth-order valence-electron chi connectivity index (χ4n) is 2.29. The summed E-state index contributed by atoms with van der Waals surface area (Å²) in [6, 6.07) is 7.61. The van der Waals surface area contributed by atoms with Crippen molar-refractivity contribution in [3.63, 3.8) is 0 Å². The Morgan fingerprint density at radius 1 is 1.18 bits per heavy atom. The highest BCUT2D eigenvalue weighted by atomic mass is 16.6. The zero-order valence-corrected chi connectivity index (χ0v) is 13.4. The van der Waals surface area contributed by atoms with Crippen LogP contribution in [0.5, 0.6) is 0 Å². The SMILES string of the molecule is COC(=O)CCc1c(C(=O)OC(C)(C)C)[nH]c2ccccc12. The van der Waals surface area contributed by atoms with Gasteiger partial charge >= 0.3 is 11.9 Å². The van der Waals surface area contributed by atoms with Crippen LogP contribution in [0.25, 0.3) is 10.9 Å². The normalized spacial score (nSPS) is 11.5. The maximum Gasteiger partial charge on any atom is 0.355 e. The second-order valence-corrected chi connectivity index (χ2v) is 6.10. The molecular weight excluding hydrogens is 282 g/mol. The van der Waals surface area contributed by atoms with Gasteiger partial charge in [0.2, 0.25) is 0 Å². The third kappa shape index (κ3) is 3.67. The van der Waals surface area contributed by atoms with E-state index in [2.05, 4.69) is 9.72 Å². The Morgan fingerprint density at radius 2 is 1.86 bits per heavy atom. The Labute approximate surface area is 129 Å². The largest absolute Gasteiger partial charge is 0.469 e. The Balaban J connectivity index is 2.39. The molecule has 0 saturated carbocycles. The number of carbonyl (C=O) groups is 2. The quantitative estimate of drug-likeness (QED) is 0.880. The number of H-pyrrole nitrogens is 1. The number of hydrogen-bond donors (Lipinski definition) is 1. The molecular formula is C17H21NO4. The molecule has 1 aromatic heterocycles. The van der Waals surface area contributed by atoms with Gasteiger partial charge < -0.3 is 14.5 Å². The smallest absolute Gasteiger partial charge is 0.355 e. The van der Waals surface area contributed by atoms with Crippen LogP contribution in [0.4, 0.5) is 0 Å². The molecule has 0 amide bonds. The predicted molar refractivity (Wildman–Crippen MR) is 83.8 cm³/mol. The van der Waals surface area contributed by atoms with Gasteiger partial charge in [0.25, 0.3) is 0 Å². The van der Waals surface area contributed by atoms with E-state index >= 15 is 0 Å². The number of nitrogens with one attached hydrogen (secondary N) is 1. The minimum atomic E-state index is -0.575. The number of aromatic nitrogens is 1. The van der Waals surface area contributed by atoms with Gasteiger partial charge in [0.1, 0.15) is 11.3 Å². The number of aromatic amines is 1. The van der Waals surface area contributed by atoms with Gasteiger partial charge in [-0.25, -0.2) is 4.79 Å². The van der Waals surface area contributed by atoms with Crippen LogP contribution in [-0.2, 0) is 20.7 Å². The maximum atomic E-state index is 12.4. The van der Waals surface area contributed by atoms with Gasteiger partial charge in [-0.3, -0.25) is 4.79 Å². The molecule has 0 aliphatic heterocycles. The first kappa shape index (κ1) is 16.1. The van der Waals surface area contributed by atoms with Gasteiger partial charge in [-0.1, -0.05) is 18.2 Å². The molecule has 0 aliphatic rings. The van der Waals surface area contributed by atoms with E-state index in [4.69, 9.17) is 4.74 Å². The number of methoxy groups -OCH3 is 1. The number of para-hydroxylation sites is 1. The summed E-state index contributed by atoms with van der Waals surface area (Å²) >= 11 is 0. The topological polar surface area (TPSA) is 68.4 Å².